The van der Waals surface area contributed by atoms with E-state index in [4.69, 9.17) is 23.2 Å². The van der Waals surface area contributed by atoms with Crippen LogP contribution in [0.25, 0.3) is 0 Å². The molecule has 7 heteroatoms. The van der Waals surface area contributed by atoms with E-state index >= 15 is 0 Å². The van der Waals surface area contributed by atoms with Gasteiger partial charge in [0.1, 0.15) is 4.90 Å². The van der Waals surface area contributed by atoms with Crippen molar-refractivity contribution in [1.82, 2.24) is 4.98 Å². The van der Waals surface area contributed by atoms with Gasteiger partial charge >= 0.3 is 0 Å². The lowest BCUT2D eigenvalue weighted by molar-refractivity contribution is 0.592. The molecular formula is C13H10Cl2N2O2S. The quantitative estimate of drug-likeness (QED) is 0.850. The maximum atomic E-state index is 12.7. The molecule has 104 valence electrons. The Labute approximate surface area is 127 Å². The summed E-state index contributed by atoms with van der Waals surface area (Å²) in [7, 11) is -3.70. The van der Waals surface area contributed by atoms with Gasteiger partial charge in [0, 0.05) is 18.9 Å². The average molecular weight is 329 g/mol. The van der Waals surface area contributed by atoms with Crippen LogP contribution >= 0.6 is 23.2 Å². The molecule has 3 rings (SSSR count). The highest BCUT2D eigenvalue weighted by Crippen LogP contribution is 2.38. The predicted octanol–water partition coefficient (Wildman–Crippen LogP) is 3.14. The maximum Gasteiger partial charge on any atom is 0.265 e. The van der Waals surface area contributed by atoms with Gasteiger partial charge in [-0.05, 0) is 24.1 Å². The van der Waals surface area contributed by atoms with Crippen LogP contribution in [0.4, 0.5) is 5.69 Å². The Kier molecular flexibility index (Phi) is 3.36. The number of halogens is 2. The SMILES string of the molecule is O=S(=O)(c1cncc(Cl)c1)N1CCc2cccc(Cl)c21. The number of rotatable bonds is 2. The smallest absolute Gasteiger partial charge is 0.264 e. The lowest BCUT2D eigenvalue weighted by Crippen LogP contribution is -2.29. The first-order chi connectivity index (χ1) is 9.50. The molecule has 0 amide bonds. The molecule has 20 heavy (non-hydrogen) atoms. The van der Waals surface area contributed by atoms with E-state index in [1.54, 1.807) is 6.07 Å². The van der Waals surface area contributed by atoms with Crippen molar-refractivity contribution in [1.29, 1.82) is 0 Å². The molecular weight excluding hydrogens is 319 g/mol. The van der Waals surface area contributed by atoms with E-state index in [1.165, 1.54) is 22.8 Å². The molecule has 0 saturated carbocycles. The minimum absolute atomic E-state index is 0.0674. The molecule has 0 fully saturated rings. The average Bonchev–Trinajstić information content (AvgIpc) is 2.85. The van der Waals surface area contributed by atoms with E-state index in [0.717, 1.165) is 5.56 Å². The van der Waals surface area contributed by atoms with Gasteiger partial charge < -0.3 is 0 Å². The van der Waals surface area contributed by atoms with E-state index in [-0.39, 0.29) is 9.92 Å². The van der Waals surface area contributed by atoms with Gasteiger partial charge in [-0.2, -0.15) is 0 Å². The highest BCUT2D eigenvalue weighted by Gasteiger charge is 2.32. The topological polar surface area (TPSA) is 50.3 Å². The van der Waals surface area contributed by atoms with Gasteiger partial charge in [0.15, 0.2) is 0 Å². The molecule has 0 atom stereocenters. The highest BCUT2D eigenvalue weighted by molar-refractivity contribution is 7.92. The third-order valence-corrected chi connectivity index (χ3v) is 5.45. The Hall–Kier alpha value is -1.30. The number of hydrogen-bond donors (Lipinski definition) is 0. The van der Waals surface area contributed by atoms with E-state index in [9.17, 15) is 8.42 Å². The number of benzene rings is 1. The van der Waals surface area contributed by atoms with Crippen molar-refractivity contribution in [2.24, 2.45) is 0 Å². The van der Waals surface area contributed by atoms with Crippen LogP contribution in [0.15, 0.2) is 41.6 Å². The van der Waals surface area contributed by atoms with Crippen LogP contribution in [0.1, 0.15) is 5.56 Å². The molecule has 1 aliphatic heterocycles. The fourth-order valence-corrected chi connectivity index (χ4v) is 4.37. The van der Waals surface area contributed by atoms with Crippen molar-refractivity contribution in [3.8, 4) is 0 Å². The first kappa shape index (κ1) is 13.7. The van der Waals surface area contributed by atoms with E-state index in [2.05, 4.69) is 4.98 Å². The fourth-order valence-electron chi connectivity index (χ4n) is 2.28. The summed E-state index contributed by atoms with van der Waals surface area (Å²) in [5, 5.41) is 0.711. The predicted molar refractivity (Wildman–Crippen MR) is 78.9 cm³/mol. The number of sulfonamides is 1. The molecule has 0 spiro atoms. The second-order valence-corrected chi connectivity index (χ2v) is 7.12. The van der Waals surface area contributed by atoms with Crippen LogP contribution in [0.2, 0.25) is 10.0 Å². The summed E-state index contributed by atoms with van der Waals surface area (Å²) >= 11 is 12.0. The van der Waals surface area contributed by atoms with Crippen LogP contribution in [0, 0.1) is 0 Å². The van der Waals surface area contributed by atoms with Gasteiger partial charge in [-0.1, -0.05) is 35.3 Å². The van der Waals surface area contributed by atoms with Crippen molar-refractivity contribution in [3.05, 3.63) is 52.3 Å². The van der Waals surface area contributed by atoms with Crippen LogP contribution in [-0.2, 0) is 16.4 Å². The van der Waals surface area contributed by atoms with E-state index in [0.29, 0.717) is 23.7 Å². The lowest BCUT2D eigenvalue weighted by atomic mass is 10.2. The summed E-state index contributed by atoms with van der Waals surface area (Å²) in [6.45, 7) is 0.369. The standard InChI is InChI=1S/C13H10Cl2N2O2S/c14-10-6-11(8-16-7-10)20(18,19)17-5-4-9-2-1-3-12(15)13(9)17/h1-3,6-8H,4-5H2. The molecule has 1 aromatic carbocycles. The summed E-state index contributed by atoms with van der Waals surface area (Å²) in [6.07, 6.45) is 3.32. The second-order valence-electron chi connectivity index (χ2n) is 4.41. The van der Waals surface area contributed by atoms with Crippen LogP contribution in [0.3, 0.4) is 0 Å². The second kappa shape index (κ2) is 4.91. The number of nitrogens with zero attached hydrogens (tertiary/aromatic N) is 2. The van der Waals surface area contributed by atoms with Crippen molar-refractivity contribution < 1.29 is 8.42 Å². The van der Waals surface area contributed by atoms with E-state index < -0.39 is 10.0 Å². The third-order valence-electron chi connectivity index (χ3n) is 3.17. The van der Waals surface area contributed by atoms with Crippen LogP contribution < -0.4 is 4.31 Å². The minimum atomic E-state index is -3.70. The Morgan fingerprint density at radius 3 is 2.75 bits per heavy atom. The lowest BCUT2D eigenvalue weighted by Gasteiger charge is -2.20. The first-order valence-corrected chi connectivity index (χ1v) is 8.10. The van der Waals surface area contributed by atoms with Crippen LogP contribution in [-0.4, -0.2) is 19.9 Å². The number of fused-ring (bicyclic) bond motifs is 1. The molecule has 0 bridgehead atoms. The summed E-state index contributed by atoms with van der Waals surface area (Å²) in [6, 6.07) is 6.77. The van der Waals surface area contributed by atoms with Crippen molar-refractivity contribution in [3.63, 3.8) is 0 Å². The van der Waals surface area contributed by atoms with Gasteiger partial charge in [-0.15, -0.1) is 0 Å². The van der Waals surface area contributed by atoms with Gasteiger partial charge in [0.25, 0.3) is 10.0 Å². The van der Waals surface area contributed by atoms with Gasteiger partial charge in [-0.3, -0.25) is 9.29 Å². The third kappa shape index (κ3) is 2.16. The van der Waals surface area contributed by atoms with Crippen molar-refractivity contribution in [2.45, 2.75) is 11.3 Å². The Balaban J connectivity index is 2.12. The highest BCUT2D eigenvalue weighted by atomic mass is 35.5. The zero-order valence-corrected chi connectivity index (χ0v) is 12.6. The molecule has 2 aromatic rings. The largest absolute Gasteiger partial charge is 0.265 e. The van der Waals surface area contributed by atoms with Crippen molar-refractivity contribution >= 4 is 38.9 Å². The summed E-state index contributed by atoms with van der Waals surface area (Å²) in [5.74, 6) is 0. The van der Waals surface area contributed by atoms with Crippen LogP contribution in [0.5, 0.6) is 0 Å². The van der Waals surface area contributed by atoms with Gasteiger partial charge in [0.2, 0.25) is 0 Å². The molecule has 0 saturated heterocycles. The zero-order chi connectivity index (χ0) is 14.3. The molecule has 0 N–H and O–H groups in total. The summed E-state index contributed by atoms with van der Waals surface area (Å²) in [4.78, 5) is 3.90. The van der Waals surface area contributed by atoms with Gasteiger partial charge in [-0.25, -0.2) is 8.42 Å². The number of para-hydroxylation sites is 1. The Bertz CT molecular complexity index is 778. The number of hydrogen-bond acceptors (Lipinski definition) is 3. The molecule has 1 aromatic heterocycles. The Morgan fingerprint density at radius 1 is 1.20 bits per heavy atom. The molecule has 4 nitrogen and oxygen atoms in total. The number of aromatic nitrogens is 1. The Morgan fingerprint density at radius 2 is 2.00 bits per heavy atom. The monoisotopic (exact) mass is 328 g/mol. The molecule has 0 aliphatic carbocycles. The number of anilines is 1. The zero-order valence-electron chi connectivity index (χ0n) is 10.3. The molecule has 1 aliphatic rings. The number of pyridine rings is 1. The van der Waals surface area contributed by atoms with Crippen molar-refractivity contribution in [2.75, 3.05) is 10.8 Å². The summed E-state index contributed by atoms with van der Waals surface area (Å²) in [5.41, 5.74) is 1.48. The molecule has 0 radical (unpaired) electrons. The maximum absolute atomic E-state index is 12.7. The fraction of sp³-hybridized carbons (Fsp3) is 0.154. The summed E-state index contributed by atoms with van der Waals surface area (Å²) < 4.78 is 26.7. The molecule has 0 unspecified atom stereocenters. The van der Waals surface area contributed by atoms with E-state index in [1.807, 2.05) is 12.1 Å². The normalized spacial score (nSPS) is 14.4. The first-order valence-electron chi connectivity index (χ1n) is 5.91. The molecule has 2 heterocycles. The van der Waals surface area contributed by atoms with Gasteiger partial charge in [0.05, 0.1) is 15.7 Å². The minimum Gasteiger partial charge on any atom is -0.264 e.